The Kier molecular flexibility index (Phi) is 5.10. The Labute approximate surface area is 156 Å². The Morgan fingerprint density at radius 3 is 2.46 bits per heavy atom. The topological polar surface area (TPSA) is 106 Å². The molecule has 1 aromatic carbocycles. The number of nitro groups is 1. The van der Waals surface area contributed by atoms with Crippen LogP contribution in [-0.2, 0) is 0 Å². The molecule has 0 saturated heterocycles. The van der Waals surface area contributed by atoms with Crippen molar-refractivity contribution in [2.75, 3.05) is 10.6 Å². The average molecular weight is 395 g/mol. The third-order valence-corrected chi connectivity index (χ3v) is 3.79. The minimum atomic E-state index is -0.653. The monoisotopic (exact) mass is 394 g/mol. The van der Waals surface area contributed by atoms with Crippen molar-refractivity contribution in [1.29, 1.82) is 0 Å². The van der Waals surface area contributed by atoms with Crippen LogP contribution in [0.3, 0.4) is 0 Å². The van der Waals surface area contributed by atoms with Gasteiger partial charge in [0, 0.05) is 11.9 Å². The summed E-state index contributed by atoms with van der Waals surface area (Å²) in [4.78, 5) is 22.5. The minimum Gasteiger partial charge on any atom is -0.334 e. The van der Waals surface area contributed by atoms with Crippen molar-refractivity contribution in [3.05, 3.63) is 69.0 Å². The second-order valence-corrected chi connectivity index (χ2v) is 5.66. The van der Waals surface area contributed by atoms with Crippen LogP contribution in [0, 0.1) is 15.9 Å². The van der Waals surface area contributed by atoms with Gasteiger partial charge in [0.05, 0.1) is 15.6 Å². The van der Waals surface area contributed by atoms with Crippen LogP contribution >= 0.6 is 23.2 Å². The highest BCUT2D eigenvalue weighted by molar-refractivity contribution is 6.32. The summed E-state index contributed by atoms with van der Waals surface area (Å²) in [5.74, 6) is -0.797. The van der Waals surface area contributed by atoms with Crippen LogP contribution in [0.1, 0.15) is 0 Å². The highest BCUT2D eigenvalue weighted by Crippen LogP contribution is 2.34. The van der Waals surface area contributed by atoms with E-state index in [0.29, 0.717) is 11.4 Å². The van der Waals surface area contributed by atoms with Gasteiger partial charge in [-0.15, -0.1) is 0 Å². The predicted octanol–water partition coefficient (Wildman–Crippen LogP) is 4.71. The molecule has 0 unspecified atom stereocenters. The lowest BCUT2D eigenvalue weighted by molar-refractivity contribution is -0.383. The number of pyridine rings is 1. The summed E-state index contributed by atoms with van der Waals surface area (Å²) >= 11 is 11.7. The lowest BCUT2D eigenvalue weighted by Crippen LogP contribution is -2.06. The molecule has 8 nitrogen and oxygen atoms in total. The Morgan fingerprint density at radius 1 is 1.08 bits per heavy atom. The van der Waals surface area contributed by atoms with Gasteiger partial charge in [-0.2, -0.15) is 0 Å². The van der Waals surface area contributed by atoms with Crippen LogP contribution < -0.4 is 10.6 Å². The van der Waals surface area contributed by atoms with E-state index < -0.39 is 16.4 Å². The first-order valence-electron chi connectivity index (χ1n) is 7.04. The van der Waals surface area contributed by atoms with Crippen molar-refractivity contribution in [3.63, 3.8) is 0 Å². The number of benzene rings is 1. The summed E-state index contributed by atoms with van der Waals surface area (Å²) in [7, 11) is 0. The van der Waals surface area contributed by atoms with Crippen LogP contribution in [0.5, 0.6) is 0 Å². The van der Waals surface area contributed by atoms with Crippen LogP contribution in [0.4, 0.5) is 33.1 Å². The van der Waals surface area contributed by atoms with Crippen LogP contribution in [-0.4, -0.2) is 19.9 Å². The van der Waals surface area contributed by atoms with Crippen molar-refractivity contribution in [1.82, 2.24) is 15.0 Å². The molecule has 0 aliphatic carbocycles. The molecule has 0 amide bonds. The fourth-order valence-corrected chi connectivity index (χ4v) is 2.40. The molecule has 26 heavy (non-hydrogen) atoms. The second kappa shape index (κ2) is 7.46. The highest BCUT2D eigenvalue weighted by Gasteiger charge is 2.24. The molecular formula is C15H9Cl2FN6O2. The fourth-order valence-electron chi connectivity index (χ4n) is 2.05. The van der Waals surface area contributed by atoms with Gasteiger partial charge in [0.1, 0.15) is 12.1 Å². The van der Waals surface area contributed by atoms with Crippen LogP contribution in [0.2, 0.25) is 10.2 Å². The smallest absolute Gasteiger partial charge is 0.334 e. The molecule has 0 aliphatic heterocycles. The third-order valence-electron chi connectivity index (χ3n) is 3.20. The molecule has 0 spiro atoms. The zero-order valence-electron chi connectivity index (χ0n) is 12.8. The van der Waals surface area contributed by atoms with E-state index in [0.717, 1.165) is 12.4 Å². The van der Waals surface area contributed by atoms with E-state index in [1.54, 1.807) is 12.1 Å². The zero-order valence-corrected chi connectivity index (χ0v) is 14.3. The summed E-state index contributed by atoms with van der Waals surface area (Å²) in [6, 6.07) is 6.99. The molecule has 0 fully saturated rings. The van der Waals surface area contributed by atoms with Crippen molar-refractivity contribution in [2.24, 2.45) is 0 Å². The number of halogens is 3. The van der Waals surface area contributed by atoms with Gasteiger partial charge in [0.25, 0.3) is 0 Å². The molecule has 3 aromatic rings. The minimum absolute atomic E-state index is 0.0874. The van der Waals surface area contributed by atoms with E-state index in [-0.39, 0.29) is 21.8 Å². The number of hydrogen-bond acceptors (Lipinski definition) is 7. The predicted molar refractivity (Wildman–Crippen MR) is 95.9 cm³/mol. The van der Waals surface area contributed by atoms with E-state index in [9.17, 15) is 14.5 Å². The van der Waals surface area contributed by atoms with Crippen molar-refractivity contribution < 1.29 is 9.31 Å². The number of nitrogens with zero attached hydrogens (tertiary/aromatic N) is 4. The van der Waals surface area contributed by atoms with Crippen molar-refractivity contribution in [2.45, 2.75) is 0 Å². The summed E-state index contributed by atoms with van der Waals surface area (Å²) < 4.78 is 13.3. The lowest BCUT2D eigenvalue weighted by Gasteiger charge is -2.11. The van der Waals surface area contributed by atoms with E-state index in [4.69, 9.17) is 23.2 Å². The molecule has 2 aromatic heterocycles. The Balaban J connectivity index is 1.99. The van der Waals surface area contributed by atoms with Crippen molar-refractivity contribution in [3.8, 4) is 0 Å². The zero-order chi connectivity index (χ0) is 18.7. The normalized spacial score (nSPS) is 10.4. The first-order valence-corrected chi connectivity index (χ1v) is 7.80. The SMILES string of the molecule is O=[N+]([O-])c1c(Nc2ccc(F)c(Cl)c2)ncnc1Nc1cccnc1Cl. The number of nitrogens with one attached hydrogen (secondary N) is 2. The molecule has 0 radical (unpaired) electrons. The molecule has 0 saturated carbocycles. The maximum atomic E-state index is 13.3. The lowest BCUT2D eigenvalue weighted by atomic mass is 10.3. The first kappa shape index (κ1) is 17.8. The van der Waals surface area contributed by atoms with Gasteiger partial charge >= 0.3 is 5.69 Å². The van der Waals surface area contributed by atoms with E-state index in [1.807, 2.05) is 0 Å². The Hall–Kier alpha value is -3.04. The standard InChI is InChI=1S/C15H9Cl2FN6O2/c16-9-6-8(3-4-10(9)18)22-14-12(24(25)26)15(21-7-20-14)23-11-2-1-5-19-13(11)17/h1-7H,(H2,20,21,22,23). The molecule has 2 heterocycles. The van der Waals surface area contributed by atoms with Crippen molar-refractivity contribution >= 4 is 51.9 Å². The molecule has 0 bridgehead atoms. The number of rotatable bonds is 5. The largest absolute Gasteiger partial charge is 0.353 e. The summed E-state index contributed by atoms with van der Waals surface area (Å²) in [5.41, 5.74) is 0.239. The number of hydrogen-bond donors (Lipinski definition) is 2. The quantitative estimate of drug-likeness (QED) is 0.366. The van der Waals surface area contributed by atoms with Gasteiger partial charge in [-0.3, -0.25) is 10.1 Å². The van der Waals surface area contributed by atoms with Gasteiger partial charge in [-0.1, -0.05) is 23.2 Å². The van der Waals surface area contributed by atoms with Gasteiger partial charge in [-0.05, 0) is 30.3 Å². The Bertz CT molecular complexity index is 988. The van der Waals surface area contributed by atoms with Crippen LogP contribution in [0.15, 0.2) is 42.9 Å². The average Bonchev–Trinajstić information content (AvgIpc) is 2.60. The maximum absolute atomic E-state index is 13.3. The molecule has 3 rings (SSSR count). The van der Waals surface area contributed by atoms with E-state index in [1.165, 1.54) is 18.3 Å². The van der Waals surface area contributed by atoms with E-state index in [2.05, 4.69) is 25.6 Å². The van der Waals surface area contributed by atoms with Gasteiger partial charge < -0.3 is 10.6 Å². The summed E-state index contributed by atoms with van der Waals surface area (Å²) in [5, 5.41) is 17.0. The van der Waals surface area contributed by atoms with Gasteiger partial charge in [0.15, 0.2) is 5.15 Å². The molecule has 11 heteroatoms. The highest BCUT2D eigenvalue weighted by atomic mass is 35.5. The van der Waals surface area contributed by atoms with Gasteiger partial charge in [0.2, 0.25) is 11.6 Å². The third kappa shape index (κ3) is 3.79. The molecule has 0 aliphatic rings. The second-order valence-electron chi connectivity index (χ2n) is 4.90. The molecule has 0 atom stereocenters. The summed E-state index contributed by atoms with van der Waals surface area (Å²) in [6.45, 7) is 0. The maximum Gasteiger partial charge on any atom is 0.353 e. The van der Waals surface area contributed by atoms with E-state index >= 15 is 0 Å². The first-order chi connectivity index (χ1) is 12.5. The molecule has 132 valence electrons. The number of aromatic nitrogens is 3. The molecule has 2 N–H and O–H groups in total. The molecular weight excluding hydrogens is 386 g/mol. The fraction of sp³-hybridized carbons (Fsp3) is 0. The number of anilines is 4. The Morgan fingerprint density at radius 2 is 1.81 bits per heavy atom. The van der Waals surface area contributed by atoms with Crippen LogP contribution in [0.25, 0.3) is 0 Å². The summed E-state index contributed by atoms with van der Waals surface area (Å²) in [6.07, 6.45) is 2.61. The van der Waals surface area contributed by atoms with Gasteiger partial charge in [-0.25, -0.2) is 19.3 Å².